The van der Waals surface area contributed by atoms with Crippen molar-refractivity contribution in [1.29, 1.82) is 0 Å². The van der Waals surface area contributed by atoms with E-state index >= 15 is 0 Å². The summed E-state index contributed by atoms with van der Waals surface area (Å²) in [5.74, 6) is 1.48. The van der Waals surface area contributed by atoms with Crippen molar-refractivity contribution in [3.63, 3.8) is 0 Å². The maximum atomic E-state index is 5.43. The number of nitrogens with one attached hydrogen (secondary N) is 2. The molecule has 3 rings (SSSR count). The first-order valence-corrected chi connectivity index (χ1v) is 11.2. The molecule has 7 heteroatoms. The van der Waals surface area contributed by atoms with Crippen LogP contribution in [0.1, 0.15) is 30.7 Å². The lowest BCUT2D eigenvalue weighted by Crippen LogP contribution is -2.45. The van der Waals surface area contributed by atoms with Gasteiger partial charge in [-0.2, -0.15) is 0 Å². The zero-order valence-electron chi connectivity index (χ0n) is 16.8. The molecule has 2 atom stereocenters. The van der Waals surface area contributed by atoms with Gasteiger partial charge in [0.1, 0.15) is 0 Å². The van der Waals surface area contributed by atoms with Crippen molar-refractivity contribution in [3.8, 4) is 0 Å². The Labute approximate surface area is 168 Å². The van der Waals surface area contributed by atoms with Crippen molar-refractivity contribution in [2.75, 3.05) is 66.1 Å². The topological polar surface area (TPSA) is 52.1 Å². The molecule has 2 saturated heterocycles. The van der Waals surface area contributed by atoms with E-state index in [1.165, 1.54) is 30.8 Å². The van der Waals surface area contributed by atoms with Gasteiger partial charge < -0.3 is 15.4 Å². The van der Waals surface area contributed by atoms with Crippen molar-refractivity contribution in [2.24, 2.45) is 10.9 Å². The molecule has 0 saturated carbocycles. The summed E-state index contributed by atoms with van der Waals surface area (Å²) in [6.07, 6.45) is 2.63. The highest BCUT2D eigenvalue weighted by Crippen LogP contribution is 2.27. The minimum atomic E-state index is 0.442. The third-order valence-electron chi connectivity index (χ3n) is 5.43. The van der Waals surface area contributed by atoms with Crippen molar-refractivity contribution in [3.05, 3.63) is 22.4 Å². The van der Waals surface area contributed by atoms with Gasteiger partial charge in [-0.25, -0.2) is 0 Å². The molecule has 0 radical (unpaired) electrons. The van der Waals surface area contributed by atoms with Gasteiger partial charge in [0.25, 0.3) is 0 Å². The summed E-state index contributed by atoms with van der Waals surface area (Å²) < 4.78 is 5.43. The molecule has 2 N–H and O–H groups in total. The van der Waals surface area contributed by atoms with Crippen LogP contribution >= 0.6 is 11.3 Å². The predicted molar refractivity (Wildman–Crippen MR) is 114 cm³/mol. The van der Waals surface area contributed by atoms with E-state index in [-0.39, 0.29) is 0 Å². The number of ether oxygens (including phenoxy) is 1. The summed E-state index contributed by atoms with van der Waals surface area (Å²) in [5.41, 5.74) is 0. The van der Waals surface area contributed by atoms with E-state index in [0.717, 1.165) is 51.9 Å². The lowest BCUT2D eigenvalue weighted by Gasteiger charge is -2.30. The molecular formula is C20H35N5OS. The van der Waals surface area contributed by atoms with E-state index in [1.54, 1.807) is 0 Å². The molecule has 2 aliphatic rings. The largest absolute Gasteiger partial charge is 0.379 e. The quantitative estimate of drug-likeness (QED) is 0.523. The summed E-state index contributed by atoms with van der Waals surface area (Å²) in [4.78, 5) is 11.0. The Bertz CT molecular complexity index is 553. The maximum Gasteiger partial charge on any atom is 0.191 e. The summed E-state index contributed by atoms with van der Waals surface area (Å²) in [6.45, 7) is 11.5. The Morgan fingerprint density at radius 2 is 1.93 bits per heavy atom. The normalized spacial score (nSPS) is 21.9. The fraction of sp³-hybridized carbons (Fsp3) is 0.750. The van der Waals surface area contributed by atoms with Crippen LogP contribution in [-0.2, 0) is 4.74 Å². The highest BCUT2D eigenvalue weighted by Gasteiger charge is 2.24. The van der Waals surface area contributed by atoms with Gasteiger partial charge in [-0.15, -0.1) is 11.3 Å². The molecule has 2 aliphatic heterocycles. The Balaban J connectivity index is 1.44. The van der Waals surface area contributed by atoms with Crippen LogP contribution in [-0.4, -0.2) is 81.8 Å². The predicted octanol–water partition coefficient (Wildman–Crippen LogP) is 2.02. The monoisotopic (exact) mass is 393 g/mol. The molecule has 6 nitrogen and oxygen atoms in total. The van der Waals surface area contributed by atoms with E-state index in [9.17, 15) is 0 Å². The molecule has 2 unspecified atom stereocenters. The van der Waals surface area contributed by atoms with Gasteiger partial charge >= 0.3 is 0 Å². The smallest absolute Gasteiger partial charge is 0.191 e. The fourth-order valence-corrected chi connectivity index (χ4v) is 4.78. The molecule has 3 heterocycles. The molecule has 27 heavy (non-hydrogen) atoms. The molecular weight excluding hydrogens is 358 g/mol. The first-order valence-electron chi connectivity index (χ1n) is 10.3. The second kappa shape index (κ2) is 11.0. The molecule has 1 aromatic heterocycles. The number of morpholine rings is 1. The van der Waals surface area contributed by atoms with E-state index in [1.807, 2.05) is 18.4 Å². The molecule has 2 fully saturated rings. The number of thiophene rings is 1. The Hall–Kier alpha value is -1.15. The Kier molecular flexibility index (Phi) is 8.38. The minimum absolute atomic E-state index is 0.442. The molecule has 0 spiro atoms. The van der Waals surface area contributed by atoms with E-state index in [2.05, 4.69) is 49.9 Å². The van der Waals surface area contributed by atoms with Crippen LogP contribution in [0.25, 0.3) is 0 Å². The molecule has 1 aromatic rings. The minimum Gasteiger partial charge on any atom is -0.379 e. The van der Waals surface area contributed by atoms with Gasteiger partial charge in [0.15, 0.2) is 5.96 Å². The standard InChI is InChI=1S/C20H35N5OS/c1-17(16-24-9-11-26-12-10-24)14-22-20(21-2)23-15-18(19-6-5-13-27-19)25-7-3-4-8-25/h5-6,13,17-18H,3-4,7-12,14-16H2,1-2H3,(H2,21,22,23). The zero-order chi connectivity index (χ0) is 18.9. The van der Waals surface area contributed by atoms with Gasteiger partial charge in [-0.05, 0) is 43.3 Å². The van der Waals surface area contributed by atoms with Gasteiger partial charge in [0, 0.05) is 44.6 Å². The van der Waals surface area contributed by atoms with E-state index < -0.39 is 0 Å². The van der Waals surface area contributed by atoms with Gasteiger partial charge in [-0.3, -0.25) is 14.8 Å². The number of guanidine groups is 1. The summed E-state index contributed by atoms with van der Waals surface area (Å²) >= 11 is 1.86. The van der Waals surface area contributed by atoms with Gasteiger partial charge in [-0.1, -0.05) is 13.0 Å². The number of likely N-dealkylation sites (tertiary alicyclic amines) is 1. The highest BCUT2D eigenvalue weighted by atomic mass is 32.1. The third-order valence-corrected chi connectivity index (χ3v) is 6.40. The van der Waals surface area contributed by atoms with Gasteiger partial charge in [0.05, 0.1) is 19.3 Å². The van der Waals surface area contributed by atoms with Crippen molar-refractivity contribution in [1.82, 2.24) is 20.4 Å². The van der Waals surface area contributed by atoms with Crippen molar-refractivity contribution >= 4 is 17.3 Å². The van der Waals surface area contributed by atoms with E-state index in [4.69, 9.17) is 4.74 Å². The van der Waals surface area contributed by atoms with Crippen LogP contribution in [0.2, 0.25) is 0 Å². The van der Waals surface area contributed by atoms with E-state index in [0.29, 0.717) is 12.0 Å². The van der Waals surface area contributed by atoms with Crippen LogP contribution < -0.4 is 10.6 Å². The third kappa shape index (κ3) is 6.45. The lowest BCUT2D eigenvalue weighted by atomic mass is 10.1. The molecule has 152 valence electrons. The average Bonchev–Trinajstić information content (AvgIpc) is 3.40. The SMILES string of the molecule is CN=C(NCC(C)CN1CCOCC1)NCC(c1cccs1)N1CCCC1. The number of hydrogen-bond acceptors (Lipinski definition) is 5. The van der Waals surface area contributed by atoms with Crippen molar-refractivity contribution in [2.45, 2.75) is 25.8 Å². The number of hydrogen-bond donors (Lipinski definition) is 2. The molecule has 0 amide bonds. The molecule has 0 aliphatic carbocycles. The van der Waals surface area contributed by atoms with Crippen LogP contribution in [0.15, 0.2) is 22.5 Å². The Morgan fingerprint density at radius 3 is 2.59 bits per heavy atom. The van der Waals surface area contributed by atoms with Crippen LogP contribution in [0, 0.1) is 5.92 Å². The number of nitrogens with zero attached hydrogens (tertiary/aromatic N) is 3. The first-order chi connectivity index (χ1) is 13.3. The molecule has 0 bridgehead atoms. The summed E-state index contributed by atoms with van der Waals surface area (Å²) in [5, 5.41) is 9.26. The van der Waals surface area contributed by atoms with Crippen LogP contribution in [0.5, 0.6) is 0 Å². The molecule has 0 aromatic carbocycles. The lowest BCUT2D eigenvalue weighted by molar-refractivity contribution is 0.0320. The van der Waals surface area contributed by atoms with Crippen LogP contribution in [0.3, 0.4) is 0 Å². The van der Waals surface area contributed by atoms with Crippen molar-refractivity contribution < 1.29 is 4.74 Å². The average molecular weight is 394 g/mol. The second-order valence-electron chi connectivity index (χ2n) is 7.63. The zero-order valence-corrected chi connectivity index (χ0v) is 17.6. The fourth-order valence-electron chi connectivity index (χ4n) is 3.92. The van der Waals surface area contributed by atoms with Crippen LogP contribution in [0.4, 0.5) is 0 Å². The summed E-state index contributed by atoms with van der Waals surface area (Å²) in [6, 6.07) is 4.86. The first kappa shape index (κ1) is 20.6. The summed E-state index contributed by atoms with van der Waals surface area (Å²) in [7, 11) is 1.86. The number of rotatable bonds is 8. The second-order valence-corrected chi connectivity index (χ2v) is 8.61. The number of aliphatic imine (C=N–C) groups is 1. The highest BCUT2D eigenvalue weighted by molar-refractivity contribution is 7.10. The maximum absolute atomic E-state index is 5.43. The Morgan fingerprint density at radius 1 is 1.19 bits per heavy atom. The van der Waals surface area contributed by atoms with Gasteiger partial charge in [0.2, 0.25) is 0 Å².